The van der Waals surface area contributed by atoms with Gasteiger partial charge in [-0.1, -0.05) is 48.7 Å². The number of fused-ring (bicyclic) bond motifs is 2. The smallest absolute Gasteiger partial charge is 0.408 e. The van der Waals surface area contributed by atoms with E-state index in [-0.39, 0.29) is 25.3 Å². The molecule has 13 nitrogen and oxygen atoms in total. The topological polar surface area (TPSA) is 169 Å². The predicted octanol–water partition coefficient (Wildman–Crippen LogP) is 3.51. The van der Waals surface area contributed by atoms with Crippen LogP contribution in [0.15, 0.2) is 36.4 Å². The zero-order chi connectivity index (χ0) is 31.6. The van der Waals surface area contributed by atoms with E-state index >= 15 is 0 Å². The van der Waals surface area contributed by atoms with Crippen LogP contribution in [0.1, 0.15) is 71.8 Å². The number of alkyl carbamates (subject to hydrolysis) is 1. The number of rotatable bonds is 4. The van der Waals surface area contributed by atoms with Crippen molar-refractivity contribution >= 4 is 35.5 Å². The first-order valence-corrected chi connectivity index (χ1v) is 15.3. The minimum atomic E-state index is -1.43. The maximum Gasteiger partial charge on any atom is 0.408 e. The number of nitrogens with one attached hydrogen (secondary N) is 2. The van der Waals surface area contributed by atoms with Gasteiger partial charge in [-0.3, -0.25) is 9.59 Å². The van der Waals surface area contributed by atoms with Crippen LogP contribution in [0.3, 0.4) is 0 Å². The van der Waals surface area contributed by atoms with Crippen LogP contribution in [0.4, 0.5) is 4.79 Å². The number of aromatic nitrogens is 4. The summed E-state index contributed by atoms with van der Waals surface area (Å²) in [6.45, 7) is 5.25. The van der Waals surface area contributed by atoms with Gasteiger partial charge in [0.1, 0.15) is 23.2 Å². The zero-order valence-electron chi connectivity index (χ0n) is 25.0. The number of benzene rings is 1. The van der Waals surface area contributed by atoms with Crippen molar-refractivity contribution in [1.82, 2.24) is 35.7 Å². The van der Waals surface area contributed by atoms with Crippen molar-refractivity contribution in [2.45, 2.75) is 95.0 Å². The number of tetrazole rings is 1. The highest BCUT2D eigenvalue weighted by molar-refractivity contribution is 6.30. The number of nitrogens with zero attached hydrogens (tertiary/aromatic N) is 5. The summed E-state index contributed by atoms with van der Waals surface area (Å²) in [7, 11) is 0. The molecule has 0 unspecified atom stereocenters. The van der Waals surface area contributed by atoms with Crippen LogP contribution in [0.2, 0.25) is 5.02 Å². The largest absolute Gasteiger partial charge is 0.479 e. The lowest BCUT2D eigenvalue weighted by Crippen LogP contribution is -2.56. The normalized spacial score (nSPS) is 28.5. The highest BCUT2D eigenvalue weighted by Gasteiger charge is 2.61. The molecule has 1 aliphatic carbocycles. The van der Waals surface area contributed by atoms with Crippen LogP contribution < -0.4 is 10.6 Å². The van der Waals surface area contributed by atoms with E-state index in [9.17, 15) is 24.3 Å². The SMILES string of the molecule is CC(C)(C)OC(=O)N[C@H]1CCCCC/C=C\[C@@H]2C[C@]2(C(=O)O)NC(=O)[C@@H]2C[C@H](n3nnc(-c4cccc(Cl)c4)n3)CN2C1=O. The molecule has 3 amide bonds. The fourth-order valence-electron chi connectivity index (χ4n) is 5.82. The van der Waals surface area contributed by atoms with Crippen molar-refractivity contribution < 1.29 is 29.0 Å². The van der Waals surface area contributed by atoms with E-state index in [1.807, 2.05) is 12.2 Å². The molecule has 2 aliphatic heterocycles. The van der Waals surface area contributed by atoms with E-state index in [1.54, 1.807) is 45.0 Å². The number of carboxylic acids is 1. The van der Waals surface area contributed by atoms with Gasteiger partial charge in [-0.25, -0.2) is 9.59 Å². The molecule has 0 spiro atoms. The van der Waals surface area contributed by atoms with E-state index < -0.39 is 53.1 Å². The van der Waals surface area contributed by atoms with Gasteiger partial charge >= 0.3 is 12.1 Å². The van der Waals surface area contributed by atoms with Crippen molar-refractivity contribution in [2.24, 2.45) is 5.92 Å². The monoisotopic (exact) mass is 627 g/mol. The number of amides is 3. The molecule has 236 valence electrons. The summed E-state index contributed by atoms with van der Waals surface area (Å²) in [6, 6.07) is 4.48. The van der Waals surface area contributed by atoms with Gasteiger partial charge in [0.25, 0.3) is 0 Å². The van der Waals surface area contributed by atoms with Crippen LogP contribution in [-0.4, -0.2) is 83.9 Å². The average molecular weight is 628 g/mol. The number of ether oxygens (including phenoxy) is 1. The number of carbonyl (C=O) groups excluding carboxylic acids is 3. The maximum atomic E-state index is 14.1. The Labute approximate surface area is 260 Å². The highest BCUT2D eigenvalue weighted by Crippen LogP contribution is 2.45. The number of hydrogen-bond donors (Lipinski definition) is 3. The van der Waals surface area contributed by atoms with Gasteiger partial charge in [0.05, 0.1) is 6.04 Å². The first-order chi connectivity index (χ1) is 20.9. The van der Waals surface area contributed by atoms with Crippen LogP contribution in [0, 0.1) is 5.92 Å². The first-order valence-electron chi connectivity index (χ1n) is 14.9. The molecule has 2 fully saturated rings. The van der Waals surface area contributed by atoms with E-state index in [2.05, 4.69) is 26.0 Å². The van der Waals surface area contributed by atoms with E-state index in [0.717, 1.165) is 19.3 Å². The molecule has 3 N–H and O–H groups in total. The van der Waals surface area contributed by atoms with Gasteiger partial charge in [-0.15, -0.1) is 10.2 Å². The van der Waals surface area contributed by atoms with Gasteiger partial charge in [0, 0.05) is 29.5 Å². The van der Waals surface area contributed by atoms with Crippen LogP contribution in [0.25, 0.3) is 11.4 Å². The second-order valence-corrected chi connectivity index (χ2v) is 13.1. The Kier molecular flexibility index (Phi) is 8.96. The van der Waals surface area contributed by atoms with Crippen molar-refractivity contribution in [3.8, 4) is 11.4 Å². The molecule has 1 aromatic heterocycles. The number of allylic oxidation sites excluding steroid dienone is 1. The van der Waals surface area contributed by atoms with Crippen molar-refractivity contribution in [3.63, 3.8) is 0 Å². The summed E-state index contributed by atoms with van der Waals surface area (Å²) in [6.07, 6.45) is 6.86. The molecule has 1 saturated heterocycles. The Morgan fingerprint density at radius 1 is 1.20 bits per heavy atom. The minimum Gasteiger partial charge on any atom is -0.479 e. The molecule has 44 heavy (non-hydrogen) atoms. The summed E-state index contributed by atoms with van der Waals surface area (Å²) >= 11 is 6.13. The highest BCUT2D eigenvalue weighted by atomic mass is 35.5. The molecule has 1 aromatic carbocycles. The van der Waals surface area contributed by atoms with Crippen LogP contribution in [0.5, 0.6) is 0 Å². The fourth-order valence-corrected chi connectivity index (χ4v) is 6.01. The fraction of sp³-hybridized carbons (Fsp3) is 0.567. The summed E-state index contributed by atoms with van der Waals surface area (Å²) in [4.78, 5) is 55.8. The quantitative estimate of drug-likeness (QED) is 0.429. The molecule has 0 radical (unpaired) electrons. The van der Waals surface area contributed by atoms with Gasteiger partial charge < -0.3 is 25.4 Å². The second kappa shape index (κ2) is 12.5. The molecule has 0 bridgehead atoms. The molecule has 3 heterocycles. The first kappa shape index (κ1) is 31.4. The van der Waals surface area contributed by atoms with Gasteiger partial charge in [0.15, 0.2) is 0 Å². The van der Waals surface area contributed by atoms with E-state index in [0.29, 0.717) is 29.3 Å². The summed E-state index contributed by atoms with van der Waals surface area (Å²) in [5, 5.41) is 28.9. The van der Waals surface area contributed by atoms with Crippen molar-refractivity contribution in [2.75, 3.05) is 6.54 Å². The van der Waals surface area contributed by atoms with E-state index in [1.165, 1.54) is 9.70 Å². The van der Waals surface area contributed by atoms with Gasteiger partial charge in [0.2, 0.25) is 17.6 Å². The summed E-state index contributed by atoms with van der Waals surface area (Å²) in [5.74, 6) is -2.17. The second-order valence-electron chi connectivity index (χ2n) is 12.7. The lowest BCUT2D eigenvalue weighted by Gasteiger charge is -2.30. The van der Waals surface area contributed by atoms with Crippen molar-refractivity contribution in [1.29, 1.82) is 0 Å². The lowest BCUT2D eigenvalue weighted by atomic mass is 10.0. The van der Waals surface area contributed by atoms with E-state index in [4.69, 9.17) is 16.3 Å². The Bertz CT molecular complexity index is 1460. The average Bonchev–Trinajstić information content (AvgIpc) is 3.27. The molecule has 5 rings (SSSR count). The standard InChI is InChI=1S/C30H38ClN7O6/c1-29(2,3)44-28(43)32-22-13-8-6-4-5-7-11-19-16-30(19,27(41)42)33-25(39)23-15-21(17-37(23)26(22)40)38-35-24(34-36-38)18-10-9-12-20(31)14-18/h7,9-12,14,19,21-23H,4-6,8,13,15-17H2,1-3H3,(H,32,43)(H,33,39)(H,41,42)/b11-7-/t19-,21+,22+,23+,30+/m1/s1. The maximum absolute atomic E-state index is 14.1. The summed E-state index contributed by atoms with van der Waals surface area (Å²) < 4.78 is 5.43. The van der Waals surface area contributed by atoms with Gasteiger partial charge in [-0.05, 0) is 63.8 Å². The Morgan fingerprint density at radius 3 is 2.73 bits per heavy atom. The molecular formula is C30H38ClN7O6. The lowest BCUT2D eigenvalue weighted by molar-refractivity contribution is -0.145. The molecule has 5 atom stereocenters. The Morgan fingerprint density at radius 2 is 2.00 bits per heavy atom. The Balaban J connectivity index is 1.44. The number of halogens is 1. The van der Waals surface area contributed by atoms with Crippen molar-refractivity contribution in [3.05, 3.63) is 41.4 Å². The van der Waals surface area contributed by atoms with Gasteiger partial charge in [-0.2, -0.15) is 4.80 Å². The molecular weight excluding hydrogens is 590 g/mol. The summed E-state index contributed by atoms with van der Waals surface area (Å²) in [5.41, 5.74) is -1.55. The van der Waals surface area contributed by atoms with Crippen LogP contribution >= 0.6 is 11.6 Å². The predicted molar refractivity (Wildman–Crippen MR) is 159 cm³/mol. The molecule has 2 aromatic rings. The third-order valence-corrected chi connectivity index (χ3v) is 8.40. The van der Waals surface area contributed by atoms with Crippen LogP contribution in [-0.2, 0) is 19.1 Å². The third-order valence-electron chi connectivity index (χ3n) is 8.17. The number of carbonyl (C=O) groups is 4. The third kappa shape index (κ3) is 7.03. The number of aliphatic carboxylic acids is 1. The minimum absolute atomic E-state index is 0.0537. The molecule has 3 aliphatic rings. The number of carboxylic acid groups (broad SMARTS) is 1. The zero-order valence-corrected chi connectivity index (χ0v) is 25.8. The number of hydrogen-bond acceptors (Lipinski definition) is 8. The molecule has 14 heteroatoms. The molecule has 1 saturated carbocycles. The Hall–Kier alpha value is -4.00.